The molecule has 0 saturated heterocycles. The van der Waals surface area contributed by atoms with Crippen molar-refractivity contribution in [3.8, 4) is 0 Å². The summed E-state index contributed by atoms with van der Waals surface area (Å²) < 4.78 is 0. The number of aliphatic hydroxyl groups excluding tert-OH is 1. The number of rotatable bonds is 4. The van der Waals surface area contributed by atoms with E-state index in [2.05, 4.69) is 54.2 Å². The number of fused-ring (bicyclic) bond motifs is 5. The van der Waals surface area contributed by atoms with Gasteiger partial charge in [-0.05, 0) is 110 Å². The predicted octanol–water partition coefficient (Wildman–Crippen LogP) is 7.94. The van der Waals surface area contributed by atoms with Gasteiger partial charge in [-0.2, -0.15) is 0 Å². The molecule has 1 unspecified atom stereocenters. The van der Waals surface area contributed by atoms with Crippen LogP contribution in [-0.2, 0) is 0 Å². The number of hydrogen-bond acceptors (Lipinski definition) is 1. The summed E-state index contributed by atoms with van der Waals surface area (Å²) in [6.45, 7) is 19.1. The Balaban J connectivity index is 1.48. The van der Waals surface area contributed by atoms with Crippen molar-refractivity contribution in [1.29, 1.82) is 0 Å². The van der Waals surface area contributed by atoms with Gasteiger partial charge < -0.3 is 5.11 Å². The number of aliphatic hydroxyl groups is 1. The maximum absolute atomic E-state index is 10.2. The van der Waals surface area contributed by atoms with Crippen molar-refractivity contribution in [1.82, 2.24) is 0 Å². The smallest absolute Gasteiger partial charge is 0.0577 e. The SMILES string of the molecule is C=C(CC[C@@H](C)[C@H]1CC[C@H]2[C@@H]3CC=C4CC(O)CC[C@]4(C)[C@H]3CC[C@]12C)C(C)(C)C. The molecule has 0 aromatic carbocycles. The lowest BCUT2D eigenvalue weighted by molar-refractivity contribution is -0.0571. The first-order chi connectivity index (χ1) is 14.0. The summed E-state index contributed by atoms with van der Waals surface area (Å²) >= 11 is 0. The fourth-order valence-electron chi connectivity index (χ4n) is 8.60. The van der Waals surface area contributed by atoms with Gasteiger partial charge in [0.15, 0.2) is 0 Å². The molecule has 0 amide bonds. The minimum absolute atomic E-state index is 0.0886. The Labute approximate surface area is 186 Å². The molecule has 0 bridgehead atoms. The highest BCUT2D eigenvalue weighted by atomic mass is 16.3. The third kappa shape index (κ3) is 3.66. The largest absolute Gasteiger partial charge is 0.393 e. The van der Waals surface area contributed by atoms with E-state index in [4.69, 9.17) is 0 Å². The van der Waals surface area contributed by atoms with Gasteiger partial charge in [0.2, 0.25) is 0 Å². The quantitative estimate of drug-likeness (QED) is 0.464. The summed E-state index contributed by atoms with van der Waals surface area (Å²) in [4.78, 5) is 0. The van der Waals surface area contributed by atoms with Crippen molar-refractivity contribution in [2.24, 2.45) is 45.8 Å². The van der Waals surface area contributed by atoms with Crippen molar-refractivity contribution in [3.63, 3.8) is 0 Å². The highest BCUT2D eigenvalue weighted by Gasteiger charge is 2.59. The molecule has 0 aromatic rings. The van der Waals surface area contributed by atoms with Crippen molar-refractivity contribution in [2.75, 3.05) is 0 Å². The fraction of sp³-hybridized carbons (Fsp3) is 0.862. The first-order valence-electron chi connectivity index (χ1n) is 13.0. The summed E-state index contributed by atoms with van der Waals surface area (Å²) in [7, 11) is 0. The molecule has 0 radical (unpaired) electrons. The van der Waals surface area contributed by atoms with Crippen molar-refractivity contribution < 1.29 is 5.11 Å². The van der Waals surface area contributed by atoms with Gasteiger partial charge in [0.1, 0.15) is 0 Å². The zero-order chi connectivity index (χ0) is 21.9. The minimum Gasteiger partial charge on any atom is -0.393 e. The van der Waals surface area contributed by atoms with Crippen LogP contribution in [0.1, 0.15) is 106 Å². The molecule has 3 fully saturated rings. The lowest BCUT2D eigenvalue weighted by Gasteiger charge is -2.58. The zero-order valence-corrected chi connectivity index (χ0v) is 20.8. The van der Waals surface area contributed by atoms with Crippen LogP contribution in [-0.4, -0.2) is 11.2 Å². The van der Waals surface area contributed by atoms with Crippen LogP contribution < -0.4 is 0 Å². The van der Waals surface area contributed by atoms with E-state index < -0.39 is 0 Å². The molecule has 0 aliphatic heterocycles. The van der Waals surface area contributed by atoms with Crippen LogP contribution in [0.4, 0.5) is 0 Å². The standard InChI is InChI=1S/C29H48O/c1-19(8-9-20(2)27(3,4)5)24-12-13-25-23-11-10-21-18-22(30)14-16-28(21,6)26(23)15-17-29(24,25)7/h10,19,22-26,30H,2,8-9,11-18H2,1,3-7H3/t19-,22?,23+,24-,25+,26+,28+,29-/m1/s1. The van der Waals surface area contributed by atoms with Gasteiger partial charge in [0.25, 0.3) is 0 Å². The molecular formula is C29H48O. The van der Waals surface area contributed by atoms with E-state index in [1.54, 1.807) is 5.57 Å². The molecule has 4 rings (SSSR count). The van der Waals surface area contributed by atoms with E-state index in [9.17, 15) is 5.11 Å². The van der Waals surface area contributed by atoms with Gasteiger partial charge in [-0.1, -0.05) is 65.3 Å². The Bertz CT molecular complexity index is 696. The van der Waals surface area contributed by atoms with E-state index in [0.29, 0.717) is 10.8 Å². The normalized spacial score (nSPS) is 44.5. The molecule has 1 nitrogen and oxygen atoms in total. The molecule has 4 aliphatic rings. The summed E-state index contributed by atoms with van der Waals surface area (Å²) in [5.74, 6) is 4.36. The molecule has 4 aliphatic carbocycles. The molecule has 3 saturated carbocycles. The van der Waals surface area contributed by atoms with Crippen LogP contribution in [0.5, 0.6) is 0 Å². The molecule has 1 heteroatoms. The van der Waals surface area contributed by atoms with E-state index in [1.165, 1.54) is 56.9 Å². The van der Waals surface area contributed by atoms with Gasteiger partial charge in [0, 0.05) is 0 Å². The van der Waals surface area contributed by atoms with Gasteiger partial charge in [0.05, 0.1) is 6.10 Å². The molecular weight excluding hydrogens is 364 g/mol. The van der Waals surface area contributed by atoms with Gasteiger partial charge >= 0.3 is 0 Å². The minimum atomic E-state index is -0.0886. The molecule has 0 aromatic heterocycles. The number of allylic oxidation sites excluding steroid dienone is 2. The average Bonchev–Trinajstić information content (AvgIpc) is 3.03. The molecule has 30 heavy (non-hydrogen) atoms. The van der Waals surface area contributed by atoms with Gasteiger partial charge in [-0.25, -0.2) is 0 Å². The summed E-state index contributed by atoms with van der Waals surface area (Å²) in [6, 6.07) is 0. The Morgan fingerprint density at radius 3 is 2.57 bits per heavy atom. The highest BCUT2D eigenvalue weighted by molar-refractivity contribution is 5.25. The first-order valence-corrected chi connectivity index (χ1v) is 13.0. The monoisotopic (exact) mass is 412 g/mol. The van der Waals surface area contributed by atoms with E-state index in [-0.39, 0.29) is 11.5 Å². The maximum atomic E-state index is 10.2. The van der Waals surface area contributed by atoms with E-state index in [0.717, 1.165) is 42.4 Å². The average molecular weight is 413 g/mol. The summed E-state index contributed by atoms with van der Waals surface area (Å²) in [6.07, 6.45) is 15.2. The van der Waals surface area contributed by atoms with E-state index >= 15 is 0 Å². The van der Waals surface area contributed by atoms with Crippen molar-refractivity contribution in [2.45, 2.75) is 112 Å². The third-order valence-corrected chi connectivity index (χ3v) is 10.8. The Hall–Kier alpha value is -0.560. The lowest BCUT2D eigenvalue weighted by Crippen LogP contribution is -2.50. The lowest BCUT2D eigenvalue weighted by atomic mass is 9.47. The van der Waals surface area contributed by atoms with Crippen LogP contribution in [0.2, 0.25) is 0 Å². The topological polar surface area (TPSA) is 20.2 Å². The second-order valence-electron chi connectivity index (χ2n) is 13.3. The maximum Gasteiger partial charge on any atom is 0.0577 e. The van der Waals surface area contributed by atoms with Crippen molar-refractivity contribution >= 4 is 0 Å². The molecule has 170 valence electrons. The Morgan fingerprint density at radius 2 is 1.87 bits per heavy atom. The molecule has 0 heterocycles. The van der Waals surface area contributed by atoms with Crippen LogP contribution in [0, 0.1) is 45.8 Å². The Morgan fingerprint density at radius 1 is 1.13 bits per heavy atom. The number of hydrogen-bond donors (Lipinski definition) is 1. The molecule has 0 spiro atoms. The van der Waals surface area contributed by atoms with Crippen LogP contribution in [0.15, 0.2) is 23.8 Å². The summed E-state index contributed by atoms with van der Waals surface area (Å²) in [5, 5.41) is 10.2. The molecule has 8 atom stereocenters. The van der Waals surface area contributed by atoms with Crippen molar-refractivity contribution in [3.05, 3.63) is 23.8 Å². The second-order valence-corrected chi connectivity index (χ2v) is 13.3. The zero-order valence-electron chi connectivity index (χ0n) is 20.8. The summed E-state index contributed by atoms with van der Waals surface area (Å²) in [5.41, 5.74) is 4.19. The van der Waals surface area contributed by atoms with Gasteiger partial charge in [-0.15, -0.1) is 0 Å². The van der Waals surface area contributed by atoms with Gasteiger partial charge in [-0.3, -0.25) is 0 Å². The van der Waals surface area contributed by atoms with Crippen LogP contribution in [0.25, 0.3) is 0 Å². The molecule has 1 N–H and O–H groups in total. The van der Waals surface area contributed by atoms with Crippen LogP contribution in [0.3, 0.4) is 0 Å². The van der Waals surface area contributed by atoms with E-state index in [1.807, 2.05) is 0 Å². The highest BCUT2D eigenvalue weighted by Crippen LogP contribution is 2.67. The fourth-order valence-corrected chi connectivity index (χ4v) is 8.60. The second kappa shape index (κ2) is 7.79. The Kier molecular flexibility index (Phi) is 5.87. The predicted molar refractivity (Wildman–Crippen MR) is 128 cm³/mol. The first kappa shape index (κ1) is 22.6. The third-order valence-electron chi connectivity index (χ3n) is 10.8. The van der Waals surface area contributed by atoms with Crippen LogP contribution >= 0.6 is 0 Å².